The minimum Gasteiger partial charge on any atom is -0.354 e. The van der Waals surface area contributed by atoms with Gasteiger partial charge in [-0.25, -0.2) is 4.98 Å². The van der Waals surface area contributed by atoms with Crippen molar-refractivity contribution in [3.63, 3.8) is 0 Å². The van der Waals surface area contributed by atoms with E-state index in [-0.39, 0.29) is 18.1 Å². The van der Waals surface area contributed by atoms with E-state index < -0.39 is 4.92 Å². The quantitative estimate of drug-likeness (QED) is 0.381. The molecule has 0 atom stereocenters. The number of nitro groups is 1. The first kappa shape index (κ1) is 17.6. The zero-order valence-corrected chi connectivity index (χ0v) is 14.7. The van der Waals surface area contributed by atoms with Crippen molar-refractivity contribution < 1.29 is 9.72 Å². The van der Waals surface area contributed by atoms with Gasteiger partial charge in [0.2, 0.25) is 5.91 Å². The van der Waals surface area contributed by atoms with Crippen molar-refractivity contribution in [2.75, 3.05) is 6.54 Å². The van der Waals surface area contributed by atoms with Gasteiger partial charge in [-0.05, 0) is 32.4 Å². The number of para-hydroxylation sites is 2. The molecule has 1 aromatic carbocycles. The average Bonchev–Trinajstić information content (AvgIpc) is 3.12. The fraction of sp³-hybridized carbons (Fsp3) is 0.353. The van der Waals surface area contributed by atoms with Crippen molar-refractivity contribution >= 4 is 22.6 Å². The van der Waals surface area contributed by atoms with E-state index in [2.05, 4.69) is 20.4 Å². The first-order chi connectivity index (χ1) is 12.5. The Morgan fingerprint density at radius 3 is 2.81 bits per heavy atom. The third-order valence-electron chi connectivity index (χ3n) is 4.17. The van der Waals surface area contributed by atoms with Crippen LogP contribution in [0.2, 0.25) is 0 Å². The predicted octanol–water partition coefficient (Wildman–Crippen LogP) is 2.03. The lowest BCUT2D eigenvalue weighted by molar-refractivity contribution is -0.386. The molecule has 3 rings (SSSR count). The van der Waals surface area contributed by atoms with Gasteiger partial charge in [0.1, 0.15) is 23.8 Å². The Labute approximate surface area is 149 Å². The Kier molecular flexibility index (Phi) is 4.97. The number of H-pyrrole nitrogens is 1. The zero-order chi connectivity index (χ0) is 18.7. The standard InChI is InChI=1S/C17H20N6O3/c1-11-17(23(25)26)12(2)22(21-11)10-16(24)18-9-5-8-15-19-13-6-3-4-7-14(13)20-15/h3-4,6-7H,5,8-10H2,1-2H3,(H,18,24)(H,19,20). The monoisotopic (exact) mass is 356 g/mol. The summed E-state index contributed by atoms with van der Waals surface area (Å²) < 4.78 is 1.36. The van der Waals surface area contributed by atoms with Crippen LogP contribution in [0.3, 0.4) is 0 Å². The number of carbonyl (C=O) groups is 1. The molecule has 9 nitrogen and oxygen atoms in total. The van der Waals surface area contributed by atoms with Gasteiger partial charge in [0.15, 0.2) is 0 Å². The first-order valence-electron chi connectivity index (χ1n) is 8.34. The molecule has 0 saturated heterocycles. The minimum absolute atomic E-state index is 0.0366. The molecule has 1 amide bonds. The highest BCUT2D eigenvalue weighted by Gasteiger charge is 2.22. The van der Waals surface area contributed by atoms with E-state index in [1.165, 1.54) is 4.68 Å². The number of carbonyl (C=O) groups excluding carboxylic acids is 1. The van der Waals surface area contributed by atoms with E-state index in [1.54, 1.807) is 13.8 Å². The van der Waals surface area contributed by atoms with Crippen molar-refractivity contribution in [1.82, 2.24) is 25.1 Å². The van der Waals surface area contributed by atoms with Crippen LogP contribution < -0.4 is 5.32 Å². The Morgan fingerprint density at radius 1 is 1.35 bits per heavy atom. The summed E-state index contributed by atoms with van der Waals surface area (Å²) in [5.41, 5.74) is 2.58. The van der Waals surface area contributed by atoms with Gasteiger partial charge in [-0.3, -0.25) is 19.6 Å². The smallest absolute Gasteiger partial charge is 0.312 e. The number of benzene rings is 1. The highest BCUT2D eigenvalue weighted by atomic mass is 16.6. The maximum atomic E-state index is 12.0. The summed E-state index contributed by atoms with van der Waals surface area (Å²) in [4.78, 5) is 30.3. The predicted molar refractivity (Wildman–Crippen MR) is 95.8 cm³/mol. The number of nitrogens with one attached hydrogen (secondary N) is 2. The van der Waals surface area contributed by atoms with E-state index in [9.17, 15) is 14.9 Å². The van der Waals surface area contributed by atoms with Crippen LogP contribution in [0.25, 0.3) is 11.0 Å². The molecule has 0 bridgehead atoms. The van der Waals surface area contributed by atoms with E-state index in [0.29, 0.717) is 17.9 Å². The highest BCUT2D eigenvalue weighted by molar-refractivity contribution is 5.76. The second kappa shape index (κ2) is 7.34. The number of fused-ring (bicyclic) bond motifs is 1. The van der Waals surface area contributed by atoms with Crippen molar-refractivity contribution in [3.8, 4) is 0 Å². The van der Waals surface area contributed by atoms with Gasteiger partial charge in [0.25, 0.3) is 0 Å². The Bertz CT molecular complexity index is 926. The fourth-order valence-electron chi connectivity index (χ4n) is 2.91. The Hall–Kier alpha value is -3.23. The summed E-state index contributed by atoms with van der Waals surface area (Å²) in [5.74, 6) is 0.657. The lowest BCUT2D eigenvalue weighted by Crippen LogP contribution is -2.29. The average molecular weight is 356 g/mol. The third-order valence-corrected chi connectivity index (χ3v) is 4.17. The van der Waals surface area contributed by atoms with Crippen molar-refractivity contribution in [2.45, 2.75) is 33.2 Å². The number of aromatic amines is 1. The molecule has 0 unspecified atom stereocenters. The molecule has 0 aliphatic heterocycles. The molecule has 0 fully saturated rings. The van der Waals surface area contributed by atoms with E-state index in [1.807, 2.05) is 24.3 Å². The van der Waals surface area contributed by atoms with E-state index >= 15 is 0 Å². The second-order valence-electron chi connectivity index (χ2n) is 6.09. The number of amides is 1. The van der Waals surface area contributed by atoms with Crippen LogP contribution in [0.4, 0.5) is 5.69 Å². The molecule has 26 heavy (non-hydrogen) atoms. The molecule has 2 aromatic heterocycles. The maximum Gasteiger partial charge on any atom is 0.312 e. The lowest BCUT2D eigenvalue weighted by atomic mass is 10.3. The molecule has 136 valence electrons. The molecule has 9 heteroatoms. The van der Waals surface area contributed by atoms with Gasteiger partial charge in [-0.1, -0.05) is 12.1 Å². The van der Waals surface area contributed by atoms with Gasteiger partial charge >= 0.3 is 5.69 Å². The lowest BCUT2D eigenvalue weighted by Gasteiger charge is -2.06. The molecule has 2 N–H and O–H groups in total. The number of aromatic nitrogens is 4. The van der Waals surface area contributed by atoms with Gasteiger partial charge in [0, 0.05) is 13.0 Å². The molecule has 0 saturated carbocycles. The van der Waals surface area contributed by atoms with Crippen molar-refractivity contribution in [3.05, 3.63) is 51.6 Å². The molecular formula is C17H20N6O3. The van der Waals surface area contributed by atoms with Crippen LogP contribution in [-0.2, 0) is 17.8 Å². The maximum absolute atomic E-state index is 12.0. The van der Waals surface area contributed by atoms with Crippen LogP contribution in [0, 0.1) is 24.0 Å². The van der Waals surface area contributed by atoms with Crippen molar-refractivity contribution in [2.24, 2.45) is 0 Å². The summed E-state index contributed by atoms with van der Waals surface area (Å²) in [7, 11) is 0. The third kappa shape index (κ3) is 3.71. The summed E-state index contributed by atoms with van der Waals surface area (Å²) >= 11 is 0. The zero-order valence-electron chi connectivity index (χ0n) is 14.7. The summed E-state index contributed by atoms with van der Waals surface area (Å²) in [6.07, 6.45) is 1.46. The van der Waals surface area contributed by atoms with Gasteiger partial charge in [0.05, 0.1) is 16.0 Å². The Balaban J connectivity index is 1.48. The molecule has 2 heterocycles. The summed E-state index contributed by atoms with van der Waals surface area (Å²) in [5, 5.41) is 17.9. The van der Waals surface area contributed by atoms with Crippen molar-refractivity contribution in [1.29, 1.82) is 0 Å². The molecule has 0 radical (unpaired) electrons. The van der Waals surface area contributed by atoms with Gasteiger partial charge < -0.3 is 10.3 Å². The van der Waals surface area contributed by atoms with Crippen LogP contribution in [0.5, 0.6) is 0 Å². The number of hydrogen-bond donors (Lipinski definition) is 2. The van der Waals surface area contributed by atoms with Crippen LogP contribution >= 0.6 is 0 Å². The largest absolute Gasteiger partial charge is 0.354 e. The Morgan fingerprint density at radius 2 is 2.12 bits per heavy atom. The van der Waals surface area contributed by atoms with E-state index in [0.717, 1.165) is 29.7 Å². The number of imidazole rings is 1. The molecule has 0 aliphatic rings. The number of aryl methyl sites for hydroxylation is 2. The normalized spacial score (nSPS) is 11.0. The van der Waals surface area contributed by atoms with Gasteiger partial charge in [-0.2, -0.15) is 5.10 Å². The second-order valence-corrected chi connectivity index (χ2v) is 6.09. The first-order valence-corrected chi connectivity index (χ1v) is 8.34. The number of rotatable bonds is 7. The molecular weight excluding hydrogens is 336 g/mol. The summed E-state index contributed by atoms with van der Waals surface area (Å²) in [6.45, 7) is 3.61. The van der Waals surface area contributed by atoms with Crippen LogP contribution in [0.15, 0.2) is 24.3 Å². The SMILES string of the molecule is Cc1nn(CC(=O)NCCCc2nc3ccccc3[nH]2)c(C)c1[N+](=O)[O-]. The number of nitrogens with zero attached hydrogens (tertiary/aromatic N) is 4. The van der Waals surface area contributed by atoms with Gasteiger partial charge in [-0.15, -0.1) is 0 Å². The highest BCUT2D eigenvalue weighted by Crippen LogP contribution is 2.21. The molecule has 3 aromatic rings. The van der Waals surface area contributed by atoms with Crippen LogP contribution in [-0.4, -0.2) is 37.1 Å². The molecule has 0 aliphatic carbocycles. The fourth-order valence-corrected chi connectivity index (χ4v) is 2.91. The number of hydrogen-bond acceptors (Lipinski definition) is 5. The molecule has 0 spiro atoms. The summed E-state index contributed by atoms with van der Waals surface area (Å²) in [6, 6.07) is 7.82. The van der Waals surface area contributed by atoms with Crippen LogP contribution in [0.1, 0.15) is 23.6 Å². The minimum atomic E-state index is -0.473. The van der Waals surface area contributed by atoms with E-state index in [4.69, 9.17) is 0 Å². The topological polar surface area (TPSA) is 119 Å².